The van der Waals surface area contributed by atoms with Gasteiger partial charge in [-0.3, -0.25) is 9.78 Å². The number of hydrogen-bond acceptors (Lipinski definition) is 7. The summed E-state index contributed by atoms with van der Waals surface area (Å²) in [5, 5.41) is 0.549. The van der Waals surface area contributed by atoms with E-state index in [4.69, 9.17) is 10.7 Å². The van der Waals surface area contributed by atoms with Crippen LogP contribution in [0.5, 0.6) is 0 Å². The lowest BCUT2D eigenvalue weighted by Gasteiger charge is -2.17. The van der Waals surface area contributed by atoms with Crippen molar-refractivity contribution >= 4 is 32.6 Å². The number of pyridine rings is 1. The van der Waals surface area contributed by atoms with E-state index < -0.39 is 0 Å². The molecule has 3 aromatic heterocycles. The summed E-state index contributed by atoms with van der Waals surface area (Å²) < 4.78 is 1.02. The van der Waals surface area contributed by atoms with Crippen molar-refractivity contribution in [2.45, 2.75) is 25.7 Å². The number of anilines is 1. The minimum atomic E-state index is 0.142. The maximum atomic E-state index is 12.9. The summed E-state index contributed by atoms with van der Waals surface area (Å²) in [6.07, 6.45) is 6.44. The fourth-order valence-corrected chi connectivity index (χ4v) is 4.93. The van der Waals surface area contributed by atoms with Crippen molar-refractivity contribution in [2.75, 3.05) is 18.8 Å². The number of carbonyl (C=O) groups excluding carboxylic acids is 1. The highest BCUT2D eigenvalue weighted by Gasteiger charge is 2.28. The van der Waals surface area contributed by atoms with Gasteiger partial charge in [-0.2, -0.15) is 0 Å². The minimum absolute atomic E-state index is 0.142. The van der Waals surface area contributed by atoms with Crippen molar-refractivity contribution in [2.24, 2.45) is 0 Å². The maximum absolute atomic E-state index is 12.9. The number of nitrogen functional groups attached to an aromatic ring is 1. The smallest absolute Gasteiger partial charge is 0.227 e. The van der Waals surface area contributed by atoms with E-state index in [1.807, 2.05) is 48.5 Å². The fraction of sp³-hybridized carbons (Fsp3) is 0.261. The number of benzene rings is 1. The van der Waals surface area contributed by atoms with Crippen molar-refractivity contribution in [3.05, 3.63) is 66.0 Å². The van der Waals surface area contributed by atoms with Gasteiger partial charge in [-0.25, -0.2) is 15.0 Å². The Bertz CT molecular complexity index is 1260. The Morgan fingerprint density at radius 3 is 2.84 bits per heavy atom. The van der Waals surface area contributed by atoms with E-state index in [9.17, 15) is 4.79 Å². The average molecular weight is 431 g/mol. The molecule has 1 aliphatic rings. The van der Waals surface area contributed by atoms with Crippen molar-refractivity contribution in [1.82, 2.24) is 24.8 Å². The zero-order chi connectivity index (χ0) is 21.4. The van der Waals surface area contributed by atoms with Crippen molar-refractivity contribution in [1.29, 1.82) is 0 Å². The molecule has 1 saturated heterocycles. The first-order chi connectivity index (χ1) is 15.0. The molecule has 0 unspecified atom stereocenters. The van der Waals surface area contributed by atoms with Crippen LogP contribution in [0.1, 0.15) is 29.3 Å². The zero-order valence-electron chi connectivity index (χ0n) is 17.2. The van der Waals surface area contributed by atoms with Crippen LogP contribution in [0.15, 0.2) is 49.1 Å². The monoisotopic (exact) mass is 430 g/mol. The normalized spacial score (nSPS) is 16.2. The molecule has 2 N–H and O–H groups in total. The number of carbonyl (C=O) groups is 1. The minimum Gasteiger partial charge on any atom is -0.375 e. The molecule has 4 heterocycles. The molecule has 1 aromatic carbocycles. The van der Waals surface area contributed by atoms with Crippen LogP contribution in [0.4, 0.5) is 5.13 Å². The second kappa shape index (κ2) is 8.03. The third kappa shape index (κ3) is 4.11. The number of aromatic nitrogens is 4. The van der Waals surface area contributed by atoms with E-state index in [1.165, 1.54) is 17.7 Å². The lowest BCUT2D eigenvalue weighted by molar-refractivity contribution is -0.129. The van der Waals surface area contributed by atoms with Gasteiger partial charge in [0.2, 0.25) is 5.91 Å². The SMILES string of the molecule is Cc1cc(-c2cncnc2)cc([C@@H]2CCN(C(=O)Cc3ccc4nc(N)sc4c3)C2)n1. The number of nitrogens with two attached hydrogens (primary N) is 1. The third-order valence-corrected chi connectivity index (χ3v) is 6.50. The number of nitrogens with zero attached hydrogens (tertiary/aromatic N) is 5. The lowest BCUT2D eigenvalue weighted by atomic mass is 10.00. The summed E-state index contributed by atoms with van der Waals surface area (Å²) in [4.78, 5) is 32.2. The van der Waals surface area contributed by atoms with Gasteiger partial charge in [0.25, 0.3) is 0 Å². The van der Waals surface area contributed by atoms with E-state index >= 15 is 0 Å². The number of aryl methyl sites for hydroxylation is 1. The quantitative estimate of drug-likeness (QED) is 0.531. The van der Waals surface area contributed by atoms with E-state index in [-0.39, 0.29) is 11.8 Å². The molecule has 1 atom stereocenters. The Morgan fingerprint density at radius 1 is 1.16 bits per heavy atom. The first-order valence-electron chi connectivity index (χ1n) is 10.2. The Hall–Kier alpha value is -3.39. The van der Waals surface area contributed by atoms with Crippen LogP contribution in [0, 0.1) is 6.92 Å². The molecule has 0 saturated carbocycles. The van der Waals surface area contributed by atoms with E-state index in [0.717, 1.165) is 51.3 Å². The van der Waals surface area contributed by atoms with Crippen molar-refractivity contribution in [3.63, 3.8) is 0 Å². The molecule has 0 aliphatic carbocycles. The van der Waals surface area contributed by atoms with E-state index in [0.29, 0.717) is 18.1 Å². The van der Waals surface area contributed by atoms with Gasteiger partial charge in [0, 0.05) is 48.4 Å². The number of thiazole rings is 1. The van der Waals surface area contributed by atoms with Crippen LogP contribution < -0.4 is 5.73 Å². The number of amides is 1. The Kier molecular flexibility index (Phi) is 5.07. The number of rotatable bonds is 4. The standard InChI is InChI=1S/C23H22N6OS/c1-14-6-17(18-10-25-13-26-11-18)9-20(27-14)16-4-5-29(12-16)22(30)8-15-2-3-19-21(7-15)31-23(24)28-19/h2-3,6-7,9-11,13,16H,4-5,8,12H2,1H3,(H2,24,28)/t16-/m1/s1. The van der Waals surface area contributed by atoms with Gasteiger partial charge in [-0.05, 0) is 48.7 Å². The molecule has 0 spiro atoms. The predicted octanol–water partition coefficient (Wildman–Crippen LogP) is 3.60. The molecular weight excluding hydrogens is 408 g/mol. The molecule has 7 nitrogen and oxygen atoms in total. The van der Waals surface area contributed by atoms with Crippen molar-refractivity contribution < 1.29 is 4.79 Å². The van der Waals surface area contributed by atoms with Gasteiger partial charge >= 0.3 is 0 Å². The molecule has 156 valence electrons. The first-order valence-corrected chi connectivity index (χ1v) is 11.0. The number of fused-ring (bicyclic) bond motifs is 1. The maximum Gasteiger partial charge on any atom is 0.227 e. The van der Waals surface area contributed by atoms with Gasteiger partial charge in [0.15, 0.2) is 5.13 Å². The summed E-state index contributed by atoms with van der Waals surface area (Å²) in [6, 6.07) is 10.1. The third-order valence-electron chi connectivity index (χ3n) is 5.65. The summed E-state index contributed by atoms with van der Waals surface area (Å²) in [7, 11) is 0. The van der Waals surface area contributed by atoms with E-state index in [1.54, 1.807) is 0 Å². The summed E-state index contributed by atoms with van der Waals surface area (Å²) in [5.41, 5.74) is 11.7. The van der Waals surface area contributed by atoms with Crippen molar-refractivity contribution in [3.8, 4) is 11.1 Å². The predicted molar refractivity (Wildman–Crippen MR) is 122 cm³/mol. The first kappa shape index (κ1) is 19.6. The zero-order valence-corrected chi connectivity index (χ0v) is 18.0. The molecular formula is C23H22N6OS. The van der Waals surface area contributed by atoms with Gasteiger partial charge in [0.05, 0.1) is 16.6 Å². The summed E-state index contributed by atoms with van der Waals surface area (Å²) in [6.45, 7) is 3.44. The highest BCUT2D eigenvalue weighted by Crippen LogP contribution is 2.30. The van der Waals surface area contributed by atoms with Gasteiger partial charge in [-0.1, -0.05) is 17.4 Å². The molecule has 8 heteroatoms. The van der Waals surface area contributed by atoms with Gasteiger partial charge in [0.1, 0.15) is 6.33 Å². The average Bonchev–Trinajstić information content (AvgIpc) is 3.40. The van der Waals surface area contributed by atoms with Crippen LogP contribution in [-0.4, -0.2) is 43.8 Å². The molecule has 0 bridgehead atoms. The van der Waals surface area contributed by atoms with Gasteiger partial charge in [-0.15, -0.1) is 0 Å². The van der Waals surface area contributed by atoms with Crippen LogP contribution in [0.25, 0.3) is 21.3 Å². The molecule has 1 amide bonds. The highest BCUT2D eigenvalue weighted by atomic mass is 32.1. The fourth-order valence-electron chi connectivity index (χ4n) is 4.13. The molecule has 4 aromatic rings. The largest absolute Gasteiger partial charge is 0.375 e. The van der Waals surface area contributed by atoms with E-state index in [2.05, 4.69) is 21.0 Å². The van der Waals surface area contributed by atoms with Crippen LogP contribution in [0.3, 0.4) is 0 Å². The molecule has 0 radical (unpaired) electrons. The van der Waals surface area contributed by atoms with Gasteiger partial charge < -0.3 is 10.6 Å². The molecule has 31 heavy (non-hydrogen) atoms. The van der Waals surface area contributed by atoms with Crippen LogP contribution >= 0.6 is 11.3 Å². The topological polar surface area (TPSA) is 97.9 Å². The summed E-state index contributed by atoms with van der Waals surface area (Å²) in [5.74, 6) is 0.375. The lowest BCUT2D eigenvalue weighted by Crippen LogP contribution is -2.30. The molecule has 1 aliphatic heterocycles. The Labute approximate surface area is 184 Å². The van der Waals surface area contributed by atoms with Crippen LogP contribution in [0.2, 0.25) is 0 Å². The number of hydrogen-bond donors (Lipinski definition) is 1. The second-order valence-corrected chi connectivity index (χ2v) is 8.97. The molecule has 5 rings (SSSR count). The second-order valence-electron chi connectivity index (χ2n) is 7.91. The highest BCUT2D eigenvalue weighted by molar-refractivity contribution is 7.22. The van der Waals surface area contributed by atoms with Crippen LogP contribution in [-0.2, 0) is 11.2 Å². The summed E-state index contributed by atoms with van der Waals surface area (Å²) >= 11 is 1.45. The number of likely N-dealkylation sites (tertiary alicyclic amines) is 1. The Balaban J connectivity index is 1.30. The Morgan fingerprint density at radius 2 is 2.00 bits per heavy atom. The molecule has 1 fully saturated rings.